The van der Waals surface area contributed by atoms with E-state index in [-0.39, 0.29) is 10.4 Å². The fourth-order valence-electron chi connectivity index (χ4n) is 0.851. The molecule has 0 amide bonds. The maximum absolute atomic E-state index is 5.83. The monoisotopic (exact) mass is 293 g/mol. The Morgan fingerprint density at radius 1 is 1.25 bits per heavy atom. The van der Waals surface area contributed by atoms with Crippen LogP contribution >= 0.6 is 46.5 Å². The van der Waals surface area contributed by atoms with Crippen molar-refractivity contribution in [2.45, 2.75) is 22.7 Å². The van der Waals surface area contributed by atoms with E-state index in [1.165, 1.54) is 23.3 Å². The third-order valence-electron chi connectivity index (χ3n) is 1.54. The summed E-state index contributed by atoms with van der Waals surface area (Å²) in [5.74, 6) is 0.803. The summed E-state index contributed by atoms with van der Waals surface area (Å²) in [6.45, 7) is 1.99. The Balaban J connectivity index is 2.22. The van der Waals surface area contributed by atoms with E-state index in [0.29, 0.717) is 5.03 Å². The standard InChI is InChI=1S/C7H5Cl2N5S2/c1-2-3-10-7(16-14-3)15-5-4(8)12-13-6(9)11-5/h2H2,1H3. The average Bonchev–Trinajstić information content (AvgIpc) is 2.71. The number of rotatable bonds is 3. The van der Waals surface area contributed by atoms with E-state index in [9.17, 15) is 0 Å². The predicted octanol–water partition coefficient (Wildman–Crippen LogP) is 2.74. The summed E-state index contributed by atoms with van der Waals surface area (Å²) in [4.78, 5) is 8.24. The van der Waals surface area contributed by atoms with Gasteiger partial charge in [-0.05, 0) is 34.9 Å². The number of nitrogens with zero attached hydrogens (tertiary/aromatic N) is 5. The van der Waals surface area contributed by atoms with Crippen molar-refractivity contribution in [2.75, 3.05) is 0 Å². The summed E-state index contributed by atoms with van der Waals surface area (Å²) < 4.78 is 4.91. The fraction of sp³-hybridized carbons (Fsp3) is 0.286. The van der Waals surface area contributed by atoms with Crippen LogP contribution < -0.4 is 0 Å². The quantitative estimate of drug-likeness (QED) is 0.867. The molecule has 0 aliphatic carbocycles. The Hall–Kier alpha value is -0.500. The van der Waals surface area contributed by atoms with Gasteiger partial charge >= 0.3 is 0 Å². The Kier molecular flexibility index (Phi) is 3.91. The zero-order valence-corrected chi connectivity index (χ0v) is 11.2. The molecule has 0 aromatic carbocycles. The van der Waals surface area contributed by atoms with Crippen molar-refractivity contribution in [1.29, 1.82) is 0 Å². The van der Waals surface area contributed by atoms with Crippen molar-refractivity contribution in [2.24, 2.45) is 0 Å². The summed E-state index contributed by atoms with van der Waals surface area (Å²) >= 11 is 14.0. The van der Waals surface area contributed by atoms with Crippen LogP contribution in [-0.2, 0) is 6.42 Å². The Morgan fingerprint density at radius 2 is 2.06 bits per heavy atom. The maximum atomic E-state index is 5.83. The minimum Gasteiger partial charge on any atom is -0.213 e. The van der Waals surface area contributed by atoms with E-state index in [4.69, 9.17) is 23.2 Å². The van der Waals surface area contributed by atoms with Crippen LogP contribution in [0.4, 0.5) is 0 Å². The van der Waals surface area contributed by atoms with Gasteiger partial charge in [0.1, 0.15) is 10.9 Å². The van der Waals surface area contributed by atoms with E-state index in [1.54, 1.807) is 0 Å². The highest BCUT2D eigenvalue weighted by atomic mass is 35.5. The van der Waals surface area contributed by atoms with Gasteiger partial charge in [0, 0.05) is 6.42 Å². The van der Waals surface area contributed by atoms with Gasteiger partial charge in [-0.3, -0.25) is 0 Å². The largest absolute Gasteiger partial charge is 0.244 e. The molecule has 2 heterocycles. The van der Waals surface area contributed by atoms with Crippen LogP contribution in [0, 0.1) is 0 Å². The van der Waals surface area contributed by atoms with Crippen LogP contribution in [0.15, 0.2) is 9.37 Å². The lowest BCUT2D eigenvalue weighted by Crippen LogP contribution is -1.91. The number of aromatic nitrogens is 5. The molecule has 2 rings (SSSR count). The molecule has 0 fully saturated rings. The molecule has 0 bridgehead atoms. The number of aryl methyl sites for hydroxylation is 1. The highest BCUT2D eigenvalue weighted by Crippen LogP contribution is 2.31. The van der Waals surface area contributed by atoms with E-state index in [2.05, 4.69) is 24.5 Å². The molecule has 0 N–H and O–H groups in total. The maximum Gasteiger partial charge on any atom is 0.244 e. The van der Waals surface area contributed by atoms with Gasteiger partial charge in [-0.25, -0.2) is 9.97 Å². The minimum absolute atomic E-state index is 0.0622. The molecule has 84 valence electrons. The van der Waals surface area contributed by atoms with Gasteiger partial charge in [0.25, 0.3) is 0 Å². The van der Waals surface area contributed by atoms with Crippen LogP contribution in [0.25, 0.3) is 0 Å². The first kappa shape index (κ1) is 12.0. The van der Waals surface area contributed by atoms with E-state index >= 15 is 0 Å². The Morgan fingerprint density at radius 3 is 2.75 bits per heavy atom. The second-order valence-electron chi connectivity index (χ2n) is 2.61. The molecule has 0 saturated heterocycles. The summed E-state index contributed by atoms with van der Waals surface area (Å²) in [6, 6.07) is 0. The van der Waals surface area contributed by atoms with Crippen LogP contribution in [0.1, 0.15) is 12.7 Å². The molecule has 16 heavy (non-hydrogen) atoms. The second-order valence-corrected chi connectivity index (χ2v) is 5.29. The summed E-state index contributed by atoms with van der Waals surface area (Å²) in [6.07, 6.45) is 0.799. The van der Waals surface area contributed by atoms with Crippen molar-refractivity contribution in [3.63, 3.8) is 0 Å². The molecule has 0 atom stereocenters. The first-order chi connectivity index (χ1) is 7.69. The summed E-state index contributed by atoms with van der Waals surface area (Å²) in [7, 11) is 0. The molecule has 0 aliphatic heterocycles. The lowest BCUT2D eigenvalue weighted by atomic mass is 10.5. The van der Waals surface area contributed by atoms with Gasteiger partial charge < -0.3 is 0 Å². The smallest absolute Gasteiger partial charge is 0.213 e. The molecule has 2 aromatic rings. The molecule has 0 radical (unpaired) electrons. The summed E-state index contributed by atoms with van der Waals surface area (Å²) in [5, 5.41) is 7.95. The van der Waals surface area contributed by atoms with Crippen molar-refractivity contribution < 1.29 is 0 Å². The molecule has 9 heteroatoms. The van der Waals surface area contributed by atoms with Crippen molar-refractivity contribution >= 4 is 46.5 Å². The predicted molar refractivity (Wildman–Crippen MR) is 63.3 cm³/mol. The molecular weight excluding hydrogens is 289 g/mol. The molecular formula is C7H5Cl2N5S2. The molecule has 2 aromatic heterocycles. The second kappa shape index (κ2) is 5.22. The topological polar surface area (TPSA) is 64.5 Å². The van der Waals surface area contributed by atoms with Crippen LogP contribution in [-0.4, -0.2) is 24.5 Å². The number of hydrogen-bond donors (Lipinski definition) is 0. The highest BCUT2D eigenvalue weighted by molar-refractivity contribution is 8.01. The van der Waals surface area contributed by atoms with Crippen molar-refractivity contribution in [3.8, 4) is 0 Å². The molecule has 0 saturated carbocycles. The molecule has 0 unspecified atom stereocenters. The van der Waals surface area contributed by atoms with Crippen LogP contribution in [0.2, 0.25) is 10.4 Å². The number of halogens is 2. The van der Waals surface area contributed by atoms with E-state index < -0.39 is 0 Å². The van der Waals surface area contributed by atoms with Crippen LogP contribution in [0.3, 0.4) is 0 Å². The highest BCUT2D eigenvalue weighted by Gasteiger charge is 2.11. The Labute approximate surface area is 110 Å². The zero-order chi connectivity index (χ0) is 11.5. The third-order valence-corrected chi connectivity index (χ3v) is 3.83. The fourth-order valence-corrected chi connectivity index (χ4v) is 2.79. The molecule has 0 aliphatic rings. The Bertz CT molecular complexity index is 503. The summed E-state index contributed by atoms with van der Waals surface area (Å²) in [5.41, 5.74) is 0. The van der Waals surface area contributed by atoms with Gasteiger partial charge in [-0.2, -0.15) is 4.37 Å². The van der Waals surface area contributed by atoms with Gasteiger partial charge in [-0.15, -0.1) is 10.2 Å². The zero-order valence-electron chi connectivity index (χ0n) is 8.02. The average molecular weight is 294 g/mol. The SMILES string of the molecule is CCc1nsc(Sc2nc(Cl)nnc2Cl)n1. The van der Waals surface area contributed by atoms with Crippen LogP contribution in [0.5, 0.6) is 0 Å². The lowest BCUT2D eigenvalue weighted by molar-refractivity contribution is 0.903. The minimum atomic E-state index is 0.0622. The van der Waals surface area contributed by atoms with Crippen molar-refractivity contribution in [1.82, 2.24) is 24.5 Å². The van der Waals surface area contributed by atoms with Gasteiger partial charge in [-0.1, -0.05) is 18.5 Å². The number of hydrogen-bond acceptors (Lipinski definition) is 7. The lowest BCUT2D eigenvalue weighted by Gasteiger charge is -1.97. The van der Waals surface area contributed by atoms with E-state index in [1.807, 2.05) is 6.92 Å². The van der Waals surface area contributed by atoms with Crippen molar-refractivity contribution in [3.05, 3.63) is 16.3 Å². The third kappa shape index (κ3) is 2.79. The molecule has 5 nitrogen and oxygen atoms in total. The van der Waals surface area contributed by atoms with Gasteiger partial charge in [0.2, 0.25) is 5.28 Å². The van der Waals surface area contributed by atoms with E-state index in [0.717, 1.165) is 16.6 Å². The van der Waals surface area contributed by atoms with Gasteiger partial charge in [0.15, 0.2) is 9.49 Å². The normalized spacial score (nSPS) is 10.7. The molecule has 0 spiro atoms. The van der Waals surface area contributed by atoms with Gasteiger partial charge in [0.05, 0.1) is 0 Å². The first-order valence-corrected chi connectivity index (χ1v) is 6.59. The first-order valence-electron chi connectivity index (χ1n) is 4.25.